The molecule has 2 aromatic rings. The molecule has 1 amide bonds. The summed E-state index contributed by atoms with van der Waals surface area (Å²) in [5.41, 5.74) is 0.663. The highest BCUT2D eigenvalue weighted by atomic mass is 35.5. The summed E-state index contributed by atoms with van der Waals surface area (Å²) < 4.78 is 0. The van der Waals surface area contributed by atoms with Crippen LogP contribution in [0.4, 0.5) is 0 Å². The highest BCUT2D eigenvalue weighted by Gasteiger charge is 2.14. The number of rotatable bonds is 3. The predicted octanol–water partition coefficient (Wildman–Crippen LogP) is 2.95. The number of carbonyl (C=O) groups excluding carboxylic acids is 1. The average molecular weight is 311 g/mol. The number of aromatic nitrogens is 1. The van der Waals surface area contributed by atoms with E-state index in [0.717, 1.165) is 5.56 Å². The first kappa shape index (κ1) is 14.6. The fraction of sp³-hybridized carbons (Fsp3) is 0.143. The van der Waals surface area contributed by atoms with Gasteiger partial charge in [-0.1, -0.05) is 41.4 Å². The van der Waals surface area contributed by atoms with Crippen LogP contribution in [0.25, 0.3) is 0 Å². The predicted molar refractivity (Wildman–Crippen MR) is 79.3 cm³/mol. The van der Waals surface area contributed by atoms with Gasteiger partial charge >= 0.3 is 0 Å². The van der Waals surface area contributed by atoms with Gasteiger partial charge in [-0.25, -0.2) is 0 Å². The van der Waals surface area contributed by atoms with Crippen LogP contribution in [0.3, 0.4) is 0 Å². The molecule has 1 aromatic carbocycles. The number of nitrogens with zero attached hydrogens (tertiary/aromatic N) is 1. The molecule has 2 rings (SSSR count). The highest BCUT2D eigenvalue weighted by molar-refractivity contribution is 6.42. The van der Waals surface area contributed by atoms with E-state index in [9.17, 15) is 9.59 Å². The van der Waals surface area contributed by atoms with E-state index in [0.29, 0.717) is 16.6 Å². The van der Waals surface area contributed by atoms with Crippen LogP contribution in [-0.2, 0) is 6.54 Å². The lowest BCUT2D eigenvalue weighted by Crippen LogP contribution is -2.28. The minimum absolute atomic E-state index is 0.234. The summed E-state index contributed by atoms with van der Waals surface area (Å²) in [6, 6.07) is 9.69. The lowest BCUT2D eigenvalue weighted by molar-refractivity contribution is 0.0779. The van der Waals surface area contributed by atoms with Gasteiger partial charge in [0.1, 0.15) is 5.69 Å². The first-order valence-corrected chi connectivity index (χ1v) is 6.62. The Morgan fingerprint density at radius 3 is 2.60 bits per heavy atom. The maximum absolute atomic E-state index is 12.2. The van der Waals surface area contributed by atoms with Crippen LogP contribution >= 0.6 is 23.2 Å². The van der Waals surface area contributed by atoms with E-state index < -0.39 is 0 Å². The number of nitrogens with one attached hydrogen (secondary N) is 1. The number of halogens is 2. The van der Waals surface area contributed by atoms with Crippen LogP contribution in [0.5, 0.6) is 0 Å². The standard InChI is InChI=1S/C14H12Cl2N2O2/c1-18(8-9-4-2-5-10(15)13(9)16)14(20)11-6-3-7-12(19)17-11/h2-7H,8H2,1H3,(H,17,19). The molecule has 4 nitrogen and oxygen atoms in total. The molecule has 0 aliphatic heterocycles. The van der Waals surface area contributed by atoms with Gasteiger partial charge in [-0.3, -0.25) is 9.59 Å². The van der Waals surface area contributed by atoms with Gasteiger partial charge in [0, 0.05) is 19.7 Å². The quantitative estimate of drug-likeness (QED) is 0.947. The first-order chi connectivity index (χ1) is 9.49. The van der Waals surface area contributed by atoms with E-state index in [2.05, 4.69) is 4.98 Å². The van der Waals surface area contributed by atoms with Crippen molar-refractivity contribution in [1.29, 1.82) is 0 Å². The van der Waals surface area contributed by atoms with Crippen molar-refractivity contribution >= 4 is 29.1 Å². The number of pyridine rings is 1. The zero-order valence-electron chi connectivity index (χ0n) is 10.7. The van der Waals surface area contributed by atoms with E-state index >= 15 is 0 Å². The van der Waals surface area contributed by atoms with Gasteiger partial charge in [-0.2, -0.15) is 0 Å². The van der Waals surface area contributed by atoms with E-state index in [4.69, 9.17) is 23.2 Å². The van der Waals surface area contributed by atoms with E-state index in [1.54, 1.807) is 31.3 Å². The summed E-state index contributed by atoms with van der Waals surface area (Å²) >= 11 is 12.0. The second-order valence-corrected chi connectivity index (χ2v) is 5.09. The third-order valence-electron chi connectivity index (χ3n) is 2.78. The lowest BCUT2D eigenvalue weighted by Gasteiger charge is -2.18. The third kappa shape index (κ3) is 3.21. The summed E-state index contributed by atoms with van der Waals surface area (Å²) in [7, 11) is 1.63. The zero-order chi connectivity index (χ0) is 14.7. The number of carbonyl (C=O) groups is 1. The van der Waals surface area contributed by atoms with Crippen molar-refractivity contribution in [3.05, 3.63) is 68.1 Å². The minimum atomic E-state index is -0.315. The zero-order valence-corrected chi connectivity index (χ0v) is 12.2. The van der Waals surface area contributed by atoms with Gasteiger partial charge in [0.2, 0.25) is 5.56 Å². The van der Waals surface area contributed by atoms with Crippen molar-refractivity contribution < 1.29 is 4.79 Å². The molecule has 1 heterocycles. The molecular weight excluding hydrogens is 299 g/mol. The summed E-state index contributed by atoms with van der Waals surface area (Å²) in [5.74, 6) is -0.293. The summed E-state index contributed by atoms with van der Waals surface area (Å²) in [5, 5.41) is 0.869. The summed E-state index contributed by atoms with van der Waals surface area (Å²) in [4.78, 5) is 27.3. The Hall–Kier alpha value is -1.78. The molecule has 1 N–H and O–H groups in total. The van der Waals surface area contributed by atoms with Crippen LogP contribution in [0.2, 0.25) is 10.0 Å². The molecule has 0 saturated carbocycles. The normalized spacial score (nSPS) is 10.3. The molecule has 0 bridgehead atoms. The molecule has 20 heavy (non-hydrogen) atoms. The number of aromatic amines is 1. The second kappa shape index (κ2) is 6.11. The SMILES string of the molecule is CN(Cc1cccc(Cl)c1Cl)C(=O)c1cccc(=O)[nH]1. The molecule has 0 radical (unpaired) electrons. The van der Waals surface area contributed by atoms with Gasteiger partial charge in [0.15, 0.2) is 0 Å². The van der Waals surface area contributed by atoms with Crippen LogP contribution in [0, 0.1) is 0 Å². The van der Waals surface area contributed by atoms with Crippen LogP contribution < -0.4 is 5.56 Å². The Morgan fingerprint density at radius 1 is 1.20 bits per heavy atom. The Labute approximate surface area is 125 Å². The van der Waals surface area contributed by atoms with Gasteiger partial charge in [0.05, 0.1) is 10.0 Å². The Balaban J connectivity index is 2.20. The molecule has 1 aromatic heterocycles. The smallest absolute Gasteiger partial charge is 0.270 e. The van der Waals surface area contributed by atoms with Gasteiger partial charge in [-0.05, 0) is 17.7 Å². The largest absolute Gasteiger partial charge is 0.336 e. The molecule has 6 heteroatoms. The fourth-order valence-electron chi connectivity index (χ4n) is 1.78. The molecule has 0 spiro atoms. The number of amides is 1. The van der Waals surface area contributed by atoms with Crippen molar-refractivity contribution in [3.8, 4) is 0 Å². The van der Waals surface area contributed by atoms with Gasteiger partial charge < -0.3 is 9.88 Å². The van der Waals surface area contributed by atoms with E-state index in [-0.39, 0.29) is 17.2 Å². The molecule has 0 atom stereocenters. The maximum atomic E-state index is 12.2. The summed E-state index contributed by atoms with van der Waals surface area (Å²) in [6.07, 6.45) is 0. The molecule has 0 aliphatic rings. The maximum Gasteiger partial charge on any atom is 0.270 e. The van der Waals surface area contributed by atoms with Crippen LogP contribution in [0.15, 0.2) is 41.2 Å². The van der Waals surface area contributed by atoms with Gasteiger partial charge in [-0.15, -0.1) is 0 Å². The number of hydrogen-bond acceptors (Lipinski definition) is 2. The number of hydrogen-bond donors (Lipinski definition) is 1. The topological polar surface area (TPSA) is 53.2 Å². The van der Waals surface area contributed by atoms with Crippen molar-refractivity contribution in [2.45, 2.75) is 6.54 Å². The molecule has 104 valence electrons. The average Bonchev–Trinajstić information content (AvgIpc) is 2.43. The first-order valence-electron chi connectivity index (χ1n) is 5.86. The van der Waals surface area contributed by atoms with Crippen LogP contribution in [0.1, 0.15) is 16.1 Å². The van der Waals surface area contributed by atoms with E-state index in [1.807, 2.05) is 0 Å². The number of H-pyrrole nitrogens is 1. The van der Waals surface area contributed by atoms with Crippen molar-refractivity contribution in [2.24, 2.45) is 0 Å². The molecule has 0 saturated heterocycles. The number of benzene rings is 1. The highest BCUT2D eigenvalue weighted by Crippen LogP contribution is 2.26. The molecule has 0 aliphatic carbocycles. The lowest BCUT2D eigenvalue weighted by atomic mass is 10.2. The van der Waals surface area contributed by atoms with Crippen molar-refractivity contribution in [2.75, 3.05) is 7.05 Å². The summed E-state index contributed by atoms with van der Waals surface area (Å²) in [6.45, 7) is 0.301. The van der Waals surface area contributed by atoms with Gasteiger partial charge in [0.25, 0.3) is 5.91 Å². The Bertz CT molecular complexity index is 698. The Morgan fingerprint density at radius 2 is 1.90 bits per heavy atom. The molecule has 0 unspecified atom stereocenters. The minimum Gasteiger partial charge on any atom is -0.336 e. The Kier molecular flexibility index (Phi) is 4.47. The van der Waals surface area contributed by atoms with Crippen molar-refractivity contribution in [3.63, 3.8) is 0 Å². The molecular formula is C14H12Cl2N2O2. The van der Waals surface area contributed by atoms with Crippen LogP contribution in [-0.4, -0.2) is 22.8 Å². The fourth-order valence-corrected chi connectivity index (χ4v) is 2.16. The third-order valence-corrected chi connectivity index (χ3v) is 3.64. The second-order valence-electron chi connectivity index (χ2n) is 4.30. The molecule has 0 fully saturated rings. The van der Waals surface area contributed by atoms with E-state index in [1.165, 1.54) is 17.0 Å². The van der Waals surface area contributed by atoms with Crippen molar-refractivity contribution in [1.82, 2.24) is 9.88 Å². The monoisotopic (exact) mass is 310 g/mol.